The lowest BCUT2D eigenvalue weighted by Gasteiger charge is -2.33. The summed E-state index contributed by atoms with van der Waals surface area (Å²) in [6, 6.07) is 22.6. The zero-order valence-corrected chi connectivity index (χ0v) is 30.0. The van der Waals surface area contributed by atoms with E-state index in [1.807, 2.05) is 46.2 Å². The maximum atomic E-state index is 14.3. The second kappa shape index (κ2) is 15.1. The SMILES string of the molecule is COc1ccc(NC(=S)N2CCc3c(sc4c3C(c3ccccc3Cl)N(CC=C(C)C)CC(=O)N4CCc3ccccc3)C2)c([N+](=O)[O-])c1. The Labute approximate surface area is 300 Å². The van der Waals surface area contributed by atoms with Gasteiger partial charge in [0.25, 0.3) is 5.69 Å². The van der Waals surface area contributed by atoms with Gasteiger partial charge in [-0.15, -0.1) is 11.3 Å². The summed E-state index contributed by atoms with van der Waals surface area (Å²) < 4.78 is 5.19. The lowest BCUT2D eigenvalue weighted by Crippen LogP contribution is -2.40. The summed E-state index contributed by atoms with van der Waals surface area (Å²) in [5, 5.41) is 17.0. The first-order chi connectivity index (χ1) is 23.6. The molecule has 1 amide bonds. The number of nitrogens with zero attached hydrogens (tertiary/aromatic N) is 4. The quantitative estimate of drug-likeness (QED) is 0.0807. The Hall–Kier alpha value is -4.29. The van der Waals surface area contributed by atoms with Gasteiger partial charge in [0.1, 0.15) is 16.4 Å². The number of thiophene rings is 1. The van der Waals surface area contributed by atoms with Crippen LogP contribution in [0.15, 0.2) is 84.4 Å². The van der Waals surface area contributed by atoms with Gasteiger partial charge < -0.3 is 19.9 Å². The Balaban J connectivity index is 1.40. The van der Waals surface area contributed by atoms with E-state index in [0.717, 1.165) is 27.4 Å². The highest BCUT2D eigenvalue weighted by atomic mass is 35.5. The summed E-state index contributed by atoms with van der Waals surface area (Å²) in [5.74, 6) is 0.442. The van der Waals surface area contributed by atoms with Crippen molar-refractivity contribution < 1.29 is 14.5 Å². The Morgan fingerprint density at radius 1 is 1.12 bits per heavy atom. The van der Waals surface area contributed by atoms with Crippen molar-refractivity contribution in [2.24, 2.45) is 0 Å². The van der Waals surface area contributed by atoms with Gasteiger partial charge in [0.05, 0.1) is 37.2 Å². The van der Waals surface area contributed by atoms with Crippen molar-refractivity contribution in [2.75, 3.05) is 43.5 Å². The lowest BCUT2D eigenvalue weighted by molar-refractivity contribution is -0.384. The van der Waals surface area contributed by atoms with Crippen molar-refractivity contribution in [3.05, 3.63) is 127 Å². The molecule has 2 aliphatic heterocycles. The molecule has 12 heteroatoms. The topological polar surface area (TPSA) is 91.2 Å². The van der Waals surface area contributed by atoms with E-state index < -0.39 is 4.92 Å². The molecular weight excluding hydrogens is 678 g/mol. The number of amides is 1. The second-order valence-corrected chi connectivity index (χ2v) is 14.3. The number of nitrogens with one attached hydrogen (secondary N) is 1. The number of ether oxygens (including phenoxy) is 1. The van der Waals surface area contributed by atoms with Crippen LogP contribution in [0, 0.1) is 10.1 Å². The van der Waals surface area contributed by atoms with E-state index in [0.29, 0.717) is 54.2 Å². The van der Waals surface area contributed by atoms with Crippen LogP contribution in [0.3, 0.4) is 0 Å². The molecule has 6 rings (SSSR count). The van der Waals surface area contributed by atoms with E-state index in [4.69, 9.17) is 28.6 Å². The van der Waals surface area contributed by atoms with Crippen LogP contribution in [-0.4, -0.2) is 59.0 Å². The number of thiocarbonyl (C=S) groups is 1. The number of allylic oxidation sites excluding steroid dienone is 1. The number of nitro groups is 1. The molecule has 3 heterocycles. The van der Waals surface area contributed by atoms with E-state index >= 15 is 0 Å². The van der Waals surface area contributed by atoms with Crippen LogP contribution >= 0.6 is 35.2 Å². The van der Waals surface area contributed by atoms with Crippen molar-refractivity contribution in [2.45, 2.75) is 39.3 Å². The average molecular weight is 716 g/mol. The van der Waals surface area contributed by atoms with Crippen molar-refractivity contribution in [3.8, 4) is 5.75 Å². The third-order valence-electron chi connectivity index (χ3n) is 8.93. The van der Waals surface area contributed by atoms with E-state index in [9.17, 15) is 14.9 Å². The van der Waals surface area contributed by atoms with E-state index in [2.05, 4.69) is 48.3 Å². The molecule has 9 nitrogen and oxygen atoms in total. The number of halogens is 1. The molecule has 1 N–H and O–H groups in total. The van der Waals surface area contributed by atoms with Gasteiger partial charge >= 0.3 is 0 Å². The first kappa shape index (κ1) is 34.6. The maximum absolute atomic E-state index is 14.3. The van der Waals surface area contributed by atoms with Gasteiger partial charge in [0.2, 0.25) is 5.91 Å². The fourth-order valence-electron chi connectivity index (χ4n) is 6.44. The number of hydrogen-bond donors (Lipinski definition) is 1. The Kier molecular flexibility index (Phi) is 10.6. The molecule has 49 heavy (non-hydrogen) atoms. The van der Waals surface area contributed by atoms with E-state index in [1.165, 1.54) is 29.9 Å². The number of carbonyl (C=O) groups excluding carboxylic acids is 1. The molecule has 0 spiro atoms. The van der Waals surface area contributed by atoms with Gasteiger partial charge in [-0.2, -0.15) is 0 Å². The summed E-state index contributed by atoms with van der Waals surface area (Å²) in [4.78, 5) is 33.0. The maximum Gasteiger partial charge on any atom is 0.296 e. The number of fused-ring (bicyclic) bond motifs is 3. The molecule has 1 atom stereocenters. The fraction of sp³-hybridized carbons (Fsp3) is 0.297. The van der Waals surface area contributed by atoms with Crippen LogP contribution in [0.2, 0.25) is 5.02 Å². The number of methoxy groups -OCH3 is 1. The van der Waals surface area contributed by atoms with Crippen LogP contribution in [0.4, 0.5) is 16.4 Å². The third kappa shape index (κ3) is 7.50. The molecular formula is C37H38ClN5O4S2. The minimum Gasteiger partial charge on any atom is -0.496 e. The van der Waals surface area contributed by atoms with Gasteiger partial charge in [-0.05, 0) is 73.8 Å². The third-order valence-corrected chi connectivity index (χ3v) is 10.9. The molecule has 2 aliphatic rings. The number of rotatable bonds is 9. The highest BCUT2D eigenvalue weighted by molar-refractivity contribution is 7.80. The van der Waals surface area contributed by atoms with Gasteiger partial charge in [0, 0.05) is 35.1 Å². The summed E-state index contributed by atoms with van der Waals surface area (Å²) in [5.41, 5.74) is 5.83. The fourth-order valence-corrected chi connectivity index (χ4v) is 8.38. The monoisotopic (exact) mass is 715 g/mol. The van der Waals surface area contributed by atoms with Crippen LogP contribution in [0.5, 0.6) is 5.75 Å². The van der Waals surface area contributed by atoms with Gasteiger partial charge in [-0.1, -0.05) is 71.8 Å². The molecule has 0 bridgehead atoms. The lowest BCUT2D eigenvalue weighted by atomic mass is 9.91. The van der Waals surface area contributed by atoms with E-state index in [1.54, 1.807) is 23.5 Å². The van der Waals surface area contributed by atoms with Crippen LogP contribution < -0.4 is 15.0 Å². The molecule has 0 radical (unpaired) electrons. The van der Waals surface area contributed by atoms with Crippen LogP contribution in [-0.2, 0) is 24.2 Å². The zero-order chi connectivity index (χ0) is 34.7. The normalized spacial score (nSPS) is 16.0. The Bertz CT molecular complexity index is 1910. The molecule has 0 saturated heterocycles. The number of anilines is 2. The van der Waals surface area contributed by atoms with Crippen LogP contribution in [0.25, 0.3) is 0 Å². The molecule has 0 aliphatic carbocycles. The molecule has 0 saturated carbocycles. The Morgan fingerprint density at radius 2 is 1.88 bits per heavy atom. The van der Waals surface area contributed by atoms with Crippen molar-refractivity contribution in [1.82, 2.24) is 9.80 Å². The number of hydrogen-bond acceptors (Lipinski definition) is 7. The molecule has 3 aromatic carbocycles. The molecule has 0 fully saturated rings. The van der Waals surface area contributed by atoms with Gasteiger partial charge in [-0.25, -0.2) is 0 Å². The first-order valence-electron chi connectivity index (χ1n) is 16.1. The number of carbonyl (C=O) groups is 1. The van der Waals surface area contributed by atoms with Crippen molar-refractivity contribution in [1.29, 1.82) is 0 Å². The predicted molar refractivity (Wildman–Crippen MR) is 201 cm³/mol. The highest BCUT2D eigenvalue weighted by Crippen LogP contribution is 2.49. The smallest absolute Gasteiger partial charge is 0.296 e. The summed E-state index contributed by atoms with van der Waals surface area (Å²) in [6.45, 7) is 6.65. The Morgan fingerprint density at radius 3 is 2.59 bits per heavy atom. The zero-order valence-electron chi connectivity index (χ0n) is 27.6. The highest BCUT2D eigenvalue weighted by Gasteiger charge is 2.40. The summed E-state index contributed by atoms with van der Waals surface area (Å²) in [7, 11) is 1.47. The number of benzene rings is 3. The number of nitro benzene ring substituents is 1. The molecule has 4 aromatic rings. The summed E-state index contributed by atoms with van der Waals surface area (Å²) >= 11 is 14.4. The second-order valence-electron chi connectivity index (χ2n) is 12.4. The van der Waals surface area contributed by atoms with E-state index in [-0.39, 0.29) is 24.2 Å². The van der Waals surface area contributed by atoms with Crippen LogP contribution in [0.1, 0.15) is 47.0 Å². The first-order valence-corrected chi connectivity index (χ1v) is 17.7. The molecule has 1 unspecified atom stereocenters. The van der Waals surface area contributed by atoms with Crippen molar-refractivity contribution in [3.63, 3.8) is 0 Å². The van der Waals surface area contributed by atoms with Gasteiger partial charge in [0.15, 0.2) is 5.11 Å². The minimum atomic E-state index is -0.449. The average Bonchev–Trinajstić information content (AvgIpc) is 3.41. The molecule has 254 valence electrons. The van der Waals surface area contributed by atoms with Gasteiger partial charge in [-0.3, -0.25) is 19.8 Å². The largest absolute Gasteiger partial charge is 0.496 e. The van der Waals surface area contributed by atoms with Crippen molar-refractivity contribution >= 4 is 62.6 Å². The summed E-state index contributed by atoms with van der Waals surface area (Å²) in [6.07, 6.45) is 3.57. The standard InChI is InChI=1S/C37H38ClN5O4S2/c1-24(2)15-18-40-23-33(44)42(20-16-25-9-5-4-6-10-25)36-34(35(40)27-11-7-8-12-29(27)38)28-17-19-41(22-32(28)49-36)37(48)39-30-14-13-26(47-3)21-31(30)43(45)46/h4-15,21,35H,16-20,22-23H2,1-3H3,(H,39,48). The predicted octanol–water partition coefficient (Wildman–Crippen LogP) is 8.02. The minimum absolute atomic E-state index is 0.0494. The molecule has 1 aromatic heterocycles.